The van der Waals surface area contributed by atoms with Crippen molar-refractivity contribution in [1.82, 2.24) is 5.32 Å². The van der Waals surface area contributed by atoms with Gasteiger partial charge in [-0.05, 0) is 17.9 Å². The van der Waals surface area contributed by atoms with Crippen LogP contribution in [-0.2, 0) is 4.74 Å². The van der Waals surface area contributed by atoms with Gasteiger partial charge in [-0.1, -0.05) is 51.1 Å². The van der Waals surface area contributed by atoms with Crippen LogP contribution in [-0.4, -0.2) is 18.7 Å². The molecule has 1 N–H and O–H groups in total. The zero-order valence-corrected chi connectivity index (χ0v) is 11.0. The molecule has 0 radical (unpaired) electrons. The van der Waals surface area contributed by atoms with Crippen LogP contribution in [0.25, 0.3) is 0 Å². The average Bonchev–Trinajstić information content (AvgIpc) is 2.39. The molecular formula is C15H23NO. The molecule has 2 rings (SSSR count). The van der Waals surface area contributed by atoms with Gasteiger partial charge in [0.1, 0.15) is 0 Å². The van der Waals surface area contributed by atoms with Crippen LogP contribution < -0.4 is 5.32 Å². The molecule has 0 bridgehead atoms. The lowest BCUT2D eigenvalue weighted by Gasteiger charge is -2.39. The normalized spacial score (nSPS) is 29.5. The molecule has 3 atom stereocenters. The van der Waals surface area contributed by atoms with Gasteiger partial charge >= 0.3 is 0 Å². The first kappa shape index (κ1) is 12.6. The second-order valence-electron chi connectivity index (χ2n) is 5.18. The van der Waals surface area contributed by atoms with E-state index in [1.807, 2.05) is 0 Å². The van der Waals surface area contributed by atoms with Gasteiger partial charge in [0, 0.05) is 12.6 Å². The molecule has 0 amide bonds. The molecule has 1 aromatic rings. The lowest BCUT2D eigenvalue weighted by Crippen LogP contribution is -2.50. The maximum absolute atomic E-state index is 6.23. The van der Waals surface area contributed by atoms with Crippen molar-refractivity contribution in [2.75, 3.05) is 6.54 Å². The Balaban J connectivity index is 2.19. The van der Waals surface area contributed by atoms with Crippen LogP contribution in [0, 0.1) is 5.92 Å². The minimum absolute atomic E-state index is 0.190. The quantitative estimate of drug-likeness (QED) is 0.866. The fourth-order valence-corrected chi connectivity index (χ4v) is 2.47. The fourth-order valence-electron chi connectivity index (χ4n) is 2.47. The minimum atomic E-state index is 0.190. The number of ether oxygens (including phenoxy) is 1. The molecule has 0 aliphatic carbocycles. The summed E-state index contributed by atoms with van der Waals surface area (Å²) in [4.78, 5) is 0. The van der Waals surface area contributed by atoms with Crippen LogP contribution in [0.4, 0.5) is 0 Å². The van der Waals surface area contributed by atoms with Crippen LogP contribution in [0.15, 0.2) is 30.3 Å². The molecule has 1 fully saturated rings. The van der Waals surface area contributed by atoms with E-state index in [2.05, 4.69) is 56.4 Å². The van der Waals surface area contributed by atoms with Gasteiger partial charge in [-0.2, -0.15) is 0 Å². The first-order valence-electron chi connectivity index (χ1n) is 6.66. The Kier molecular flexibility index (Phi) is 4.19. The lowest BCUT2D eigenvalue weighted by atomic mass is 9.91. The van der Waals surface area contributed by atoms with Crippen LogP contribution in [0.1, 0.15) is 38.9 Å². The Labute approximate surface area is 104 Å². The zero-order valence-electron chi connectivity index (χ0n) is 11.0. The van der Waals surface area contributed by atoms with Crippen LogP contribution in [0.5, 0.6) is 0 Å². The summed E-state index contributed by atoms with van der Waals surface area (Å²) in [7, 11) is 0. The third kappa shape index (κ3) is 2.88. The maximum Gasteiger partial charge on any atom is 0.0984 e. The van der Waals surface area contributed by atoms with Gasteiger partial charge in [0.05, 0.1) is 12.2 Å². The van der Waals surface area contributed by atoms with Gasteiger partial charge in [0.25, 0.3) is 0 Å². The van der Waals surface area contributed by atoms with Gasteiger partial charge in [0.15, 0.2) is 0 Å². The van der Waals surface area contributed by atoms with Crippen molar-refractivity contribution in [3.8, 4) is 0 Å². The topological polar surface area (TPSA) is 21.3 Å². The zero-order chi connectivity index (χ0) is 12.3. The summed E-state index contributed by atoms with van der Waals surface area (Å²) in [6.45, 7) is 7.67. The van der Waals surface area contributed by atoms with Crippen LogP contribution in [0.2, 0.25) is 0 Å². The highest BCUT2D eigenvalue weighted by Gasteiger charge is 2.32. The Morgan fingerprint density at radius 1 is 1.29 bits per heavy atom. The molecule has 2 nitrogen and oxygen atoms in total. The van der Waals surface area contributed by atoms with Gasteiger partial charge < -0.3 is 10.1 Å². The highest BCUT2D eigenvalue weighted by Crippen LogP contribution is 2.30. The second kappa shape index (κ2) is 5.65. The predicted molar refractivity (Wildman–Crippen MR) is 71.0 cm³/mol. The van der Waals surface area contributed by atoms with Crippen LogP contribution >= 0.6 is 0 Å². The average molecular weight is 233 g/mol. The molecule has 3 unspecified atom stereocenters. The summed E-state index contributed by atoms with van der Waals surface area (Å²) < 4.78 is 6.23. The van der Waals surface area contributed by atoms with Crippen molar-refractivity contribution in [1.29, 1.82) is 0 Å². The second-order valence-corrected chi connectivity index (χ2v) is 5.18. The maximum atomic E-state index is 6.23. The first-order valence-corrected chi connectivity index (χ1v) is 6.66. The predicted octanol–water partition coefficient (Wildman–Crippen LogP) is 3.15. The summed E-state index contributed by atoms with van der Waals surface area (Å²) >= 11 is 0. The van der Waals surface area contributed by atoms with Crippen molar-refractivity contribution in [3.05, 3.63) is 35.9 Å². The van der Waals surface area contributed by atoms with E-state index in [1.165, 1.54) is 5.56 Å². The fraction of sp³-hybridized carbons (Fsp3) is 0.600. The standard InChI is InChI=1S/C15H23NO/c1-4-13-10-16-14(11(2)3)15(17-13)12-8-6-5-7-9-12/h5-9,11,13-16H,4,10H2,1-3H3. The van der Waals surface area contributed by atoms with E-state index in [9.17, 15) is 0 Å². The molecule has 17 heavy (non-hydrogen) atoms. The largest absolute Gasteiger partial charge is 0.367 e. The molecular weight excluding hydrogens is 210 g/mol. The molecule has 1 aliphatic rings. The first-order chi connectivity index (χ1) is 8.22. The molecule has 0 spiro atoms. The SMILES string of the molecule is CCC1CNC(C(C)C)C(c2ccccc2)O1. The number of rotatable bonds is 3. The van der Waals surface area contributed by atoms with E-state index in [1.54, 1.807) is 0 Å². The van der Waals surface area contributed by atoms with Crippen molar-refractivity contribution >= 4 is 0 Å². The summed E-state index contributed by atoms with van der Waals surface area (Å²) in [5.41, 5.74) is 1.29. The Bertz CT molecular complexity index is 336. The summed E-state index contributed by atoms with van der Waals surface area (Å²) in [6, 6.07) is 11.0. The molecule has 0 saturated carbocycles. The van der Waals surface area contributed by atoms with E-state index in [4.69, 9.17) is 4.74 Å². The van der Waals surface area contributed by atoms with E-state index in [0.717, 1.165) is 13.0 Å². The molecule has 1 saturated heterocycles. The van der Waals surface area contributed by atoms with E-state index in [-0.39, 0.29) is 6.10 Å². The molecule has 0 aromatic heterocycles. The van der Waals surface area contributed by atoms with Crippen molar-refractivity contribution < 1.29 is 4.74 Å². The number of morpholine rings is 1. The van der Waals surface area contributed by atoms with Gasteiger partial charge in [-0.25, -0.2) is 0 Å². The summed E-state index contributed by atoms with van der Waals surface area (Å²) in [5, 5.41) is 3.64. The highest BCUT2D eigenvalue weighted by atomic mass is 16.5. The van der Waals surface area contributed by atoms with Crippen LogP contribution in [0.3, 0.4) is 0 Å². The molecule has 1 aliphatic heterocycles. The molecule has 2 heteroatoms. The Hall–Kier alpha value is -0.860. The Morgan fingerprint density at radius 3 is 2.59 bits per heavy atom. The highest BCUT2D eigenvalue weighted by molar-refractivity contribution is 5.20. The van der Waals surface area contributed by atoms with Gasteiger partial charge in [-0.15, -0.1) is 0 Å². The van der Waals surface area contributed by atoms with E-state index in [0.29, 0.717) is 18.1 Å². The minimum Gasteiger partial charge on any atom is -0.367 e. The van der Waals surface area contributed by atoms with Gasteiger partial charge in [0.2, 0.25) is 0 Å². The molecule has 94 valence electrons. The molecule has 1 heterocycles. The monoisotopic (exact) mass is 233 g/mol. The summed E-state index contributed by atoms with van der Waals surface area (Å²) in [5.74, 6) is 0.581. The summed E-state index contributed by atoms with van der Waals surface area (Å²) in [6.07, 6.45) is 1.60. The van der Waals surface area contributed by atoms with Crippen molar-refractivity contribution in [2.24, 2.45) is 5.92 Å². The number of hydrogen-bond donors (Lipinski definition) is 1. The van der Waals surface area contributed by atoms with Gasteiger partial charge in [-0.3, -0.25) is 0 Å². The number of benzene rings is 1. The van der Waals surface area contributed by atoms with E-state index >= 15 is 0 Å². The van der Waals surface area contributed by atoms with Crippen molar-refractivity contribution in [3.63, 3.8) is 0 Å². The third-order valence-electron chi connectivity index (χ3n) is 3.55. The smallest absolute Gasteiger partial charge is 0.0984 e. The number of nitrogens with one attached hydrogen (secondary N) is 1. The number of hydrogen-bond acceptors (Lipinski definition) is 2. The lowest BCUT2D eigenvalue weighted by molar-refractivity contribution is -0.0756. The van der Waals surface area contributed by atoms with E-state index < -0.39 is 0 Å². The molecule has 1 aromatic carbocycles. The third-order valence-corrected chi connectivity index (χ3v) is 3.55. The Morgan fingerprint density at radius 2 is 2.00 bits per heavy atom. The van der Waals surface area contributed by atoms with Crippen molar-refractivity contribution in [2.45, 2.75) is 45.4 Å².